The summed E-state index contributed by atoms with van der Waals surface area (Å²) >= 11 is 2.94. The van der Waals surface area contributed by atoms with E-state index in [2.05, 4.69) is 15.9 Å². The van der Waals surface area contributed by atoms with Crippen LogP contribution in [0.2, 0.25) is 0 Å². The van der Waals surface area contributed by atoms with Crippen LogP contribution in [0.4, 0.5) is 23.2 Å². The highest BCUT2D eigenvalue weighted by molar-refractivity contribution is 9.10. The van der Waals surface area contributed by atoms with Crippen molar-refractivity contribution in [1.82, 2.24) is 0 Å². The SMILES string of the molecule is NS(=O)(=O)c1ccc(NC(=O)c2c(F)c(F)cc(F)c2F)c(Br)c1. The van der Waals surface area contributed by atoms with E-state index in [0.29, 0.717) is 0 Å². The van der Waals surface area contributed by atoms with Gasteiger partial charge in [0.2, 0.25) is 10.0 Å². The van der Waals surface area contributed by atoms with Crippen molar-refractivity contribution in [3.8, 4) is 0 Å². The Morgan fingerprint density at radius 1 is 1.04 bits per heavy atom. The Morgan fingerprint density at radius 2 is 1.58 bits per heavy atom. The van der Waals surface area contributed by atoms with Crippen molar-refractivity contribution < 1.29 is 30.8 Å². The molecule has 2 rings (SSSR count). The number of anilines is 1. The molecule has 0 saturated carbocycles. The number of rotatable bonds is 3. The third-order valence-corrected chi connectivity index (χ3v) is 4.42. The summed E-state index contributed by atoms with van der Waals surface area (Å²) in [5, 5.41) is 6.93. The summed E-state index contributed by atoms with van der Waals surface area (Å²) in [4.78, 5) is 11.6. The second-order valence-corrected chi connectivity index (χ2v) is 6.90. The normalized spacial score (nSPS) is 11.4. The second-order valence-electron chi connectivity index (χ2n) is 4.48. The van der Waals surface area contributed by atoms with Gasteiger partial charge >= 0.3 is 0 Å². The zero-order valence-corrected chi connectivity index (χ0v) is 13.8. The minimum atomic E-state index is -4.01. The molecular weight excluding hydrogens is 420 g/mol. The summed E-state index contributed by atoms with van der Waals surface area (Å²) in [5.41, 5.74) is -1.55. The van der Waals surface area contributed by atoms with Gasteiger partial charge in [0, 0.05) is 10.5 Å². The molecule has 5 nitrogen and oxygen atoms in total. The summed E-state index contributed by atoms with van der Waals surface area (Å²) in [6, 6.07) is 3.10. The highest BCUT2D eigenvalue weighted by atomic mass is 79.9. The van der Waals surface area contributed by atoms with Gasteiger partial charge in [-0.25, -0.2) is 31.1 Å². The van der Waals surface area contributed by atoms with Gasteiger partial charge < -0.3 is 5.32 Å². The molecule has 0 fully saturated rings. The first-order valence-electron chi connectivity index (χ1n) is 5.99. The van der Waals surface area contributed by atoms with E-state index in [4.69, 9.17) is 5.14 Å². The number of nitrogens with one attached hydrogen (secondary N) is 1. The Kier molecular flexibility index (Phi) is 4.97. The zero-order chi connectivity index (χ0) is 18.2. The molecule has 0 radical (unpaired) electrons. The second kappa shape index (κ2) is 6.49. The van der Waals surface area contributed by atoms with Crippen molar-refractivity contribution in [2.75, 3.05) is 5.32 Å². The molecule has 11 heteroatoms. The topological polar surface area (TPSA) is 89.3 Å². The Bertz CT molecular complexity index is 924. The van der Waals surface area contributed by atoms with Crippen LogP contribution in [-0.2, 0) is 10.0 Å². The number of nitrogens with two attached hydrogens (primary N) is 1. The number of hydrogen-bond acceptors (Lipinski definition) is 3. The van der Waals surface area contributed by atoms with Crippen LogP contribution in [-0.4, -0.2) is 14.3 Å². The van der Waals surface area contributed by atoms with Crippen LogP contribution in [0.3, 0.4) is 0 Å². The number of carbonyl (C=O) groups is 1. The lowest BCUT2D eigenvalue weighted by Gasteiger charge is -2.10. The Labute approximate surface area is 141 Å². The minimum Gasteiger partial charge on any atom is -0.321 e. The van der Waals surface area contributed by atoms with Crippen LogP contribution >= 0.6 is 15.9 Å². The molecule has 0 bridgehead atoms. The summed E-state index contributed by atoms with van der Waals surface area (Å²) in [5.74, 6) is -8.65. The Hall–Kier alpha value is -1.98. The van der Waals surface area contributed by atoms with E-state index in [9.17, 15) is 30.8 Å². The van der Waals surface area contributed by atoms with E-state index in [-0.39, 0.29) is 21.1 Å². The first-order valence-corrected chi connectivity index (χ1v) is 8.33. The van der Waals surface area contributed by atoms with E-state index in [1.54, 1.807) is 0 Å². The number of sulfonamides is 1. The molecule has 24 heavy (non-hydrogen) atoms. The van der Waals surface area contributed by atoms with Crippen LogP contribution in [0, 0.1) is 23.3 Å². The van der Waals surface area contributed by atoms with Gasteiger partial charge in [-0.1, -0.05) is 0 Å². The quantitative estimate of drug-likeness (QED) is 0.583. The van der Waals surface area contributed by atoms with Crippen LogP contribution in [0.15, 0.2) is 33.6 Å². The molecule has 0 spiro atoms. The smallest absolute Gasteiger partial charge is 0.261 e. The lowest BCUT2D eigenvalue weighted by Crippen LogP contribution is -2.18. The average Bonchev–Trinajstić information content (AvgIpc) is 2.46. The van der Waals surface area contributed by atoms with Crippen molar-refractivity contribution in [2.24, 2.45) is 5.14 Å². The van der Waals surface area contributed by atoms with Crippen LogP contribution < -0.4 is 10.5 Å². The molecule has 128 valence electrons. The van der Waals surface area contributed by atoms with Crippen molar-refractivity contribution in [3.05, 3.63) is 57.6 Å². The molecule has 2 aromatic rings. The predicted octanol–water partition coefficient (Wildman–Crippen LogP) is 2.91. The van der Waals surface area contributed by atoms with Gasteiger partial charge in [0.15, 0.2) is 23.3 Å². The van der Waals surface area contributed by atoms with Crippen molar-refractivity contribution in [1.29, 1.82) is 0 Å². The maximum Gasteiger partial charge on any atom is 0.261 e. The lowest BCUT2D eigenvalue weighted by atomic mass is 10.1. The number of benzene rings is 2. The number of primary sulfonamides is 1. The number of halogens is 5. The number of amides is 1. The van der Waals surface area contributed by atoms with E-state index < -0.39 is 44.8 Å². The molecule has 0 unspecified atom stereocenters. The molecule has 0 atom stereocenters. The maximum absolute atomic E-state index is 13.6. The van der Waals surface area contributed by atoms with Gasteiger partial charge in [0.05, 0.1) is 10.6 Å². The fourth-order valence-electron chi connectivity index (χ4n) is 1.73. The molecular formula is C13H7BrF4N2O3S. The first kappa shape index (κ1) is 18.4. The molecule has 3 N–H and O–H groups in total. The first-order chi connectivity index (χ1) is 11.0. The van der Waals surface area contributed by atoms with Gasteiger partial charge in [-0.3, -0.25) is 4.79 Å². The largest absolute Gasteiger partial charge is 0.321 e. The van der Waals surface area contributed by atoms with Gasteiger partial charge in [-0.15, -0.1) is 0 Å². The van der Waals surface area contributed by atoms with Crippen LogP contribution in [0.5, 0.6) is 0 Å². The van der Waals surface area contributed by atoms with E-state index in [0.717, 1.165) is 18.2 Å². The van der Waals surface area contributed by atoms with Crippen molar-refractivity contribution in [3.63, 3.8) is 0 Å². The predicted molar refractivity (Wildman–Crippen MR) is 79.7 cm³/mol. The van der Waals surface area contributed by atoms with E-state index in [1.807, 2.05) is 5.32 Å². The summed E-state index contributed by atoms with van der Waals surface area (Å²) in [6.07, 6.45) is 0. The minimum absolute atomic E-state index is 0.0140. The molecule has 2 aromatic carbocycles. The summed E-state index contributed by atoms with van der Waals surface area (Å²) in [7, 11) is -4.01. The zero-order valence-electron chi connectivity index (χ0n) is 11.4. The molecule has 1 amide bonds. The molecule has 0 aliphatic heterocycles. The summed E-state index contributed by atoms with van der Waals surface area (Å²) < 4.78 is 75.8. The highest BCUT2D eigenvalue weighted by Crippen LogP contribution is 2.27. The molecule has 0 aliphatic carbocycles. The Balaban J connectivity index is 2.42. The van der Waals surface area contributed by atoms with Crippen LogP contribution in [0.25, 0.3) is 0 Å². The average molecular weight is 427 g/mol. The summed E-state index contributed by atoms with van der Waals surface area (Å²) in [6.45, 7) is 0. The molecule has 0 aromatic heterocycles. The molecule has 0 saturated heterocycles. The maximum atomic E-state index is 13.6. The van der Waals surface area contributed by atoms with Gasteiger partial charge in [-0.2, -0.15) is 0 Å². The monoisotopic (exact) mass is 426 g/mol. The number of carbonyl (C=O) groups excluding carboxylic acids is 1. The van der Waals surface area contributed by atoms with Crippen molar-refractivity contribution >= 4 is 37.5 Å². The fraction of sp³-hybridized carbons (Fsp3) is 0. The van der Waals surface area contributed by atoms with Gasteiger partial charge in [-0.05, 0) is 34.1 Å². The van der Waals surface area contributed by atoms with Gasteiger partial charge in [0.25, 0.3) is 5.91 Å². The van der Waals surface area contributed by atoms with E-state index in [1.165, 1.54) is 0 Å². The van der Waals surface area contributed by atoms with Gasteiger partial charge in [0.1, 0.15) is 5.56 Å². The number of hydrogen-bond donors (Lipinski definition) is 2. The fourth-order valence-corrected chi connectivity index (χ4v) is 2.90. The highest BCUT2D eigenvalue weighted by Gasteiger charge is 2.25. The Morgan fingerprint density at radius 3 is 2.04 bits per heavy atom. The lowest BCUT2D eigenvalue weighted by molar-refractivity contribution is 0.101. The third-order valence-electron chi connectivity index (χ3n) is 2.86. The standard InChI is InChI=1S/C13H7BrF4N2O3S/c14-6-3-5(24(19,22)23)1-2-9(6)20-13(21)10-11(17)7(15)4-8(16)12(10)18/h1-4H,(H,20,21)(H2,19,22,23). The molecule has 0 aliphatic rings. The third kappa shape index (κ3) is 3.57. The van der Waals surface area contributed by atoms with E-state index >= 15 is 0 Å². The van der Waals surface area contributed by atoms with Crippen LogP contribution in [0.1, 0.15) is 10.4 Å². The molecule has 0 heterocycles. The van der Waals surface area contributed by atoms with Crippen molar-refractivity contribution in [2.45, 2.75) is 4.90 Å².